The molecule has 0 spiro atoms. The monoisotopic (exact) mass is 403 g/mol. The van der Waals surface area contributed by atoms with Gasteiger partial charge in [0.15, 0.2) is 6.17 Å². The fraction of sp³-hybridized carbons (Fsp3) is 0.824. The van der Waals surface area contributed by atoms with Crippen LogP contribution < -0.4 is 5.32 Å². The average molecular weight is 404 g/mol. The zero-order valence-electron chi connectivity index (χ0n) is 16.1. The number of carbonyl (C=O) groups is 2. The lowest BCUT2D eigenvalue weighted by Gasteiger charge is -2.40. The van der Waals surface area contributed by atoms with Gasteiger partial charge >= 0.3 is 12.2 Å². The Balaban J connectivity index is 2.27. The van der Waals surface area contributed by atoms with E-state index >= 15 is 0 Å². The molecule has 2 amide bonds. The number of rotatable bonds is 3. The molecule has 7 nitrogen and oxygen atoms in total. The van der Waals surface area contributed by atoms with Gasteiger partial charge in [-0.25, -0.2) is 9.59 Å². The van der Waals surface area contributed by atoms with Crippen LogP contribution in [-0.2, 0) is 9.57 Å². The van der Waals surface area contributed by atoms with Crippen LogP contribution in [0.3, 0.4) is 0 Å². The van der Waals surface area contributed by atoms with E-state index in [4.69, 9.17) is 17.1 Å². The molecule has 0 aromatic heterocycles. The second-order valence-corrected chi connectivity index (χ2v) is 9.79. The third-order valence-electron chi connectivity index (χ3n) is 4.70. The molecule has 0 bridgehead atoms. The maximum atomic E-state index is 13.0. The number of urea groups is 1. The van der Waals surface area contributed by atoms with E-state index in [1.807, 2.05) is 32.6 Å². The van der Waals surface area contributed by atoms with Gasteiger partial charge in [0.25, 0.3) is 0 Å². The molecule has 26 heavy (non-hydrogen) atoms. The summed E-state index contributed by atoms with van der Waals surface area (Å²) in [6.45, 7) is 7.96. The number of nitrogens with zero attached hydrogens (tertiary/aromatic N) is 2. The number of thioether (sulfide) groups is 1. The molecule has 1 aliphatic heterocycles. The van der Waals surface area contributed by atoms with Crippen molar-refractivity contribution >= 4 is 40.5 Å². The quantitative estimate of drug-likeness (QED) is 0.436. The van der Waals surface area contributed by atoms with E-state index in [1.54, 1.807) is 0 Å². The summed E-state index contributed by atoms with van der Waals surface area (Å²) < 4.78 is 4.86. The van der Waals surface area contributed by atoms with Gasteiger partial charge in [-0.3, -0.25) is 4.84 Å². The first-order valence-corrected chi connectivity index (χ1v) is 10.3. The molecule has 2 rings (SSSR count). The number of nitrogens with one attached hydrogen (secondary N) is 1. The normalized spacial score (nSPS) is 23.1. The summed E-state index contributed by atoms with van der Waals surface area (Å²) in [6.07, 6.45) is 3.80. The van der Waals surface area contributed by atoms with E-state index in [1.165, 1.54) is 25.3 Å². The lowest BCUT2D eigenvalue weighted by molar-refractivity contribution is -0.146. The first-order chi connectivity index (χ1) is 12.2. The van der Waals surface area contributed by atoms with E-state index in [0.717, 1.165) is 30.7 Å². The molecule has 0 aromatic carbocycles. The summed E-state index contributed by atoms with van der Waals surface area (Å²) in [6, 6.07) is -0.291. The highest BCUT2D eigenvalue weighted by Gasteiger charge is 2.52. The topological polar surface area (TPSA) is 71.1 Å². The van der Waals surface area contributed by atoms with Crippen molar-refractivity contribution in [3.05, 3.63) is 0 Å². The highest BCUT2D eigenvalue weighted by atomic mass is 32.2. The molecule has 1 heterocycles. The van der Waals surface area contributed by atoms with Crippen molar-refractivity contribution in [1.29, 1.82) is 0 Å². The van der Waals surface area contributed by atoms with Crippen molar-refractivity contribution in [2.75, 3.05) is 7.11 Å². The van der Waals surface area contributed by atoms with Crippen molar-refractivity contribution in [3.63, 3.8) is 0 Å². The Morgan fingerprint density at radius 1 is 1.31 bits per heavy atom. The number of carbonyl (C=O) groups excluding carboxylic acids is 2. The molecule has 1 saturated heterocycles. The van der Waals surface area contributed by atoms with Crippen LogP contribution in [-0.4, -0.2) is 56.6 Å². The van der Waals surface area contributed by atoms with Crippen LogP contribution in [0, 0.1) is 0 Å². The Hall–Kier alpha value is -1.22. The van der Waals surface area contributed by atoms with Crippen LogP contribution in [0.25, 0.3) is 0 Å². The molecule has 0 radical (unpaired) electrons. The minimum Gasteiger partial charge on any atom is -0.436 e. The molecule has 9 heteroatoms. The molecule has 1 saturated carbocycles. The van der Waals surface area contributed by atoms with Crippen molar-refractivity contribution < 1.29 is 19.2 Å². The molecular formula is C17H29N3O4S2. The van der Waals surface area contributed by atoms with E-state index in [0.29, 0.717) is 4.32 Å². The van der Waals surface area contributed by atoms with Gasteiger partial charge in [-0.15, -0.1) is 5.06 Å². The average Bonchev–Trinajstić information content (AvgIpc) is 2.81. The summed E-state index contributed by atoms with van der Waals surface area (Å²) >= 11 is 7.01. The smallest absolute Gasteiger partial charge is 0.436 e. The van der Waals surface area contributed by atoms with Crippen LogP contribution in [0.2, 0.25) is 0 Å². The van der Waals surface area contributed by atoms with Gasteiger partial charge < -0.3 is 15.0 Å². The Kier molecular flexibility index (Phi) is 7.01. The van der Waals surface area contributed by atoms with Gasteiger partial charge in [-0.05, 0) is 40.5 Å². The first kappa shape index (κ1) is 21.1. The molecule has 0 unspecified atom stereocenters. The SMILES string of the molecule is COC(=O)ON(C(=O)NC1CCCCC1)[C@@H]1N(C(C)C)C(=S)SC1(C)C. The summed E-state index contributed by atoms with van der Waals surface area (Å²) in [5.74, 6) is 0. The van der Waals surface area contributed by atoms with Gasteiger partial charge in [0.2, 0.25) is 0 Å². The zero-order chi connectivity index (χ0) is 19.5. The van der Waals surface area contributed by atoms with Crippen molar-refractivity contribution in [1.82, 2.24) is 15.3 Å². The van der Waals surface area contributed by atoms with Gasteiger partial charge in [-0.1, -0.05) is 43.2 Å². The molecule has 2 fully saturated rings. The minimum atomic E-state index is -0.925. The lowest BCUT2D eigenvalue weighted by atomic mass is 9.96. The second kappa shape index (κ2) is 8.65. The highest BCUT2D eigenvalue weighted by molar-refractivity contribution is 8.24. The molecule has 148 valence electrons. The van der Waals surface area contributed by atoms with E-state index in [9.17, 15) is 9.59 Å². The maximum absolute atomic E-state index is 13.0. The first-order valence-electron chi connectivity index (χ1n) is 9.04. The van der Waals surface area contributed by atoms with E-state index < -0.39 is 23.1 Å². The Labute approximate surface area is 165 Å². The minimum absolute atomic E-state index is 0.0491. The number of methoxy groups -OCH3 is 1. The third-order valence-corrected chi connectivity index (χ3v) is 6.28. The van der Waals surface area contributed by atoms with Gasteiger partial charge in [0.05, 0.1) is 11.9 Å². The molecule has 2 aliphatic rings. The Bertz CT molecular complexity index is 550. The number of amides is 2. The maximum Gasteiger partial charge on any atom is 0.533 e. The number of hydrogen-bond donors (Lipinski definition) is 1. The lowest BCUT2D eigenvalue weighted by Crippen LogP contribution is -2.60. The van der Waals surface area contributed by atoms with Crippen LogP contribution in [0.1, 0.15) is 59.8 Å². The fourth-order valence-corrected chi connectivity index (χ4v) is 5.59. The third kappa shape index (κ3) is 4.73. The summed E-state index contributed by atoms with van der Waals surface area (Å²) in [5, 5.41) is 4.12. The largest absolute Gasteiger partial charge is 0.533 e. The summed E-state index contributed by atoms with van der Waals surface area (Å²) in [5.41, 5.74) is 0. The van der Waals surface area contributed by atoms with E-state index in [2.05, 4.69) is 10.1 Å². The van der Waals surface area contributed by atoms with Crippen molar-refractivity contribution in [2.24, 2.45) is 0 Å². The Morgan fingerprint density at radius 2 is 1.92 bits per heavy atom. The van der Waals surface area contributed by atoms with E-state index in [-0.39, 0.29) is 12.1 Å². The summed E-state index contributed by atoms with van der Waals surface area (Å²) in [4.78, 5) is 32.1. The van der Waals surface area contributed by atoms with Crippen molar-refractivity contribution in [2.45, 2.75) is 82.8 Å². The van der Waals surface area contributed by atoms with Crippen molar-refractivity contribution in [3.8, 4) is 0 Å². The fourth-order valence-electron chi connectivity index (χ4n) is 3.46. The van der Waals surface area contributed by atoms with Crippen LogP contribution >= 0.6 is 24.0 Å². The van der Waals surface area contributed by atoms with Gasteiger partial charge in [-0.2, -0.15) is 0 Å². The number of thiocarbonyl (C=S) groups is 1. The molecular weight excluding hydrogens is 374 g/mol. The van der Waals surface area contributed by atoms with Crippen LogP contribution in [0.4, 0.5) is 9.59 Å². The molecule has 1 N–H and O–H groups in total. The van der Waals surface area contributed by atoms with Crippen LogP contribution in [0.5, 0.6) is 0 Å². The molecule has 1 aliphatic carbocycles. The second-order valence-electron chi connectivity index (χ2n) is 7.50. The predicted molar refractivity (Wildman–Crippen MR) is 106 cm³/mol. The Morgan fingerprint density at radius 3 is 2.46 bits per heavy atom. The van der Waals surface area contributed by atoms with Gasteiger partial charge in [0.1, 0.15) is 4.32 Å². The van der Waals surface area contributed by atoms with Crippen LogP contribution in [0.15, 0.2) is 0 Å². The molecule has 0 aromatic rings. The zero-order valence-corrected chi connectivity index (χ0v) is 17.7. The number of ether oxygens (including phenoxy) is 1. The molecule has 1 atom stereocenters. The number of hydrogen-bond acceptors (Lipinski definition) is 6. The van der Waals surface area contributed by atoms with Gasteiger partial charge in [0, 0.05) is 12.1 Å². The number of hydroxylamine groups is 2. The predicted octanol–water partition coefficient (Wildman–Crippen LogP) is 3.88. The standard InChI is InChI=1S/C17H29N3O4S2/c1-11(2)19-13(17(3,4)26-15(19)25)20(24-16(22)23-5)14(21)18-12-9-7-6-8-10-12/h11-13H,6-10H2,1-5H3,(H,18,21)/t13-/m0/s1. The highest BCUT2D eigenvalue weighted by Crippen LogP contribution is 2.44. The summed E-state index contributed by atoms with van der Waals surface area (Å²) in [7, 11) is 1.22.